The van der Waals surface area contributed by atoms with E-state index in [0.29, 0.717) is 12.5 Å². The Kier molecular flexibility index (Phi) is 4.88. The Hall–Kier alpha value is -2.30. The zero-order valence-electron chi connectivity index (χ0n) is 14.7. The SMILES string of the molecule is CCCCN1Cn2c(nc(C)c2-c2ccc(OCCC)cc2)C1=O. The van der Waals surface area contributed by atoms with Gasteiger partial charge in [-0.05, 0) is 44.0 Å². The summed E-state index contributed by atoms with van der Waals surface area (Å²) in [5.41, 5.74) is 3.00. The molecule has 0 saturated heterocycles. The van der Waals surface area contributed by atoms with Gasteiger partial charge in [0.05, 0.1) is 24.7 Å². The zero-order valence-corrected chi connectivity index (χ0v) is 14.7. The average molecular weight is 327 g/mol. The van der Waals surface area contributed by atoms with Gasteiger partial charge in [0.25, 0.3) is 5.91 Å². The molecule has 1 amide bonds. The molecule has 1 aliphatic heterocycles. The van der Waals surface area contributed by atoms with Gasteiger partial charge in [-0.1, -0.05) is 20.3 Å². The van der Waals surface area contributed by atoms with Gasteiger partial charge in [-0.25, -0.2) is 4.98 Å². The van der Waals surface area contributed by atoms with Crippen molar-refractivity contribution >= 4 is 5.91 Å². The second-order valence-electron chi connectivity index (χ2n) is 6.23. The zero-order chi connectivity index (χ0) is 17.1. The van der Waals surface area contributed by atoms with Crippen LogP contribution in [0.1, 0.15) is 49.4 Å². The van der Waals surface area contributed by atoms with Gasteiger partial charge in [-0.15, -0.1) is 0 Å². The average Bonchev–Trinajstić information content (AvgIpc) is 3.07. The van der Waals surface area contributed by atoms with Crippen molar-refractivity contribution < 1.29 is 9.53 Å². The fourth-order valence-electron chi connectivity index (χ4n) is 3.07. The summed E-state index contributed by atoms with van der Waals surface area (Å²) >= 11 is 0. The molecule has 0 fully saturated rings. The quantitative estimate of drug-likeness (QED) is 0.776. The van der Waals surface area contributed by atoms with E-state index >= 15 is 0 Å². The predicted molar refractivity (Wildman–Crippen MR) is 94.1 cm³/mol. The summed E-state index contributed by atoms with van der Waals surface area (Å²) in [5.74, 6) is 1.48. The lowest BCUT2D eigenvalue weighted by molar-refractivity contribution is 0.0763. The molecule has 0 saturated carbocycles. The molecule has 128 valence electrons. The largest absolute Gasteiger partial charge is 0.494 e. The highest BCUT2D eigenvalue weighted by Gasteiger charge is 2.32. The van der Waals surface area contributed by atoms with E-state index in [1.807, 2.05) is 40.7 Å². The summed E-state index contributed by atoms with van der Waals surface area (Å²) in [5, 5.41) is 0. The number of aryl methyl sites for hydroxylation is 1. The number of hydrogen-bond donors (Lipinski definition) is 0. The number of imidazole rings is 1. The van der Waals surface area contributed by atoms with Gasteiger partial charge in [0.2, 0.25) is 5.82 Å². The third-order valence-electron chi connectivity index (χ3n) is 4.31. The van der Waals surface area contributed by atoms with E-state index < -0.39 is 0 Å². The second kappa shape index (κ2) is 7.07. The summed E-state index contributed by atoms with van der Waals surface area (Å²) < 4.78 is 7.68. The van der Waals surface area contributed by atoms with Crippen LogP contribution in [0.5, 0.6) is 5.75 Å². The maximum atomic E-state index is 12.5. The smallest absolute Gasteiger partial charge is 0.291 e. The van der Waals surface area contributed by atoms with E-state index in [1.54, 1.807) is 0 Å². The number of rotatable bonds is 7. The minimum Gasteiger partial charge on any atom is -0.494 e. The number of unbranched alkanes of at least 4 members (excludes halogenated alkanes) is 1. The molecule has 5 nitrogen and oxygen atoms in total. The molecule has 24 heavy (non-hydrogen) atoms. The van der Waals surface area contributed by atoms with E-state index in [0.717, 1.165) is 55.1 Å². The van der Waals surface area contributed by atoms with Gasteiger partial charge < -0.3 is 14.2 Å². The second-order valence-corrected chi connectivity index (χ2v) is 6.23. The number of ether oxygens (including phenoxy) is 1. The summed E-state index contributed by atoms with van der Waals surface area (Å²) in [4.78, 5) is 18.9. The van der Waals surface area contributed by atoms with Crippen molar-refractivity contribution in [3.05, 3.63) is 35.8 Å². The number of amides is 1. The van der Waals surface area contributed by atoms with Crippen LogP contribution in [0, 0.1) is 6.92 Å². The topological polar surface area (TPSA) is 47.4 Å². The van der Waals surface area contributed by atoms with Crippen molar-refractivity contribution in [1.29, 1.82) is 0 Å². The Morgan fingerprint density at radius 1 is 1.17 bits per heavy atom. The highest BCUT2D eigenvalue weighted by molar-refractivity contribution is 5.94. The molecule has 1 aromatic carbocycles. The van der Waals surface area contributed by atoms with Gasteiger partial charge in [-0.3, -0.25) is 4.79 Å². The van der Waals surface area contributed by atoms with Crippen molar-refractivity contribution in [2.24, 2.45) is 0 Å². The lowest BCUT2D eigenvalue weighted by atomic mass is 10.1. The van der Waals surface area contributed by atoms with E-state index in [4.69, 9.17) is 4.74 Å². The van der Waals surface area contributed by atoms with Gasteiger partial charge >= 0.3 is 0 Å². The first-order valence-corrected chi connectivity index (χ1v) is 8.75. The monoisotopic (exact) mass is 327 g/mol. The number of carbonyl (C=O) groups excluding carboxylic acids is 1. The van der Waals surface area contributed by atoms with Gasteiger partial charge in [0, 0.05) is 12.1 Å². The molecule has 0 unspecified atom stereocenters. The first kappa shape index (κ1) is 16.6. The Labute approximate surface area is 143 Å². The Morgan fingerprint density at radius 3 is 2.58 bits per heavy atom. The van der Waals surface area contributed by atoms with E-state index in [2.05, 4.69) is 18.8 Å². The summed E-state index contributed by atoms with van der Waals surface area (Å²) in [6, 6.07) is 8.05. The normalized spacial score (nSPS) is 13.5. The predicted octanol–water partition coefficient (Wildman–Crippen LogP) is 3.86. The van der Waals surface area contributed by atoms with Crippen molar-refractivity contribution in [1.82, 2.24) is 14.5 Å². The van der Waals surface area contributed by atoms with Crippen LogP contribution in [0.4, 0.5) is 0 Å². The van der Waals surface area contributed by atoms with Crippen LogP contribution < -0.4 is 4.74 Å². The minimum absolute atomic E-state index is 0.0423. The van der Waals surface area contributed by atoms with Gasteiger partial charge in [0.1, 0.15) is 5.75 Å². The third-order valence-corrected chi connectivity index (χ3v) is 4.31. The Bertz CT molecular complexity index is 719. The van der Waals surface area contributed by atoms with E-state index in [1.165, 1.54) is 0 Å². The van der Waals surface area contributed by atoms with E-state index in [9.17, 15) is 4.79 Å². The lowest BCUT2D eigenvalue weighted by Crippen LogP contribution is -2.26. The minimum atomic E-state index is 0.0423. The number of hydrogen-bond acceptors (Lipinski definition) is 3. The summed E-state index contributed by atoms with van der Waals surface area (Å²) in [6.45, 7) is 8.30. The molecular weight excluding hydrogens is 302 g/mol. The molecule has 0 N–H and O–H groups in total. The summed E-state index contributed by atoms with van der Waals surface area (Å²) in [7, 11) is 0. The molecule has 5 heteroatoms. The fourth-order valence-corrected chi connectivity index (χ4v) is 3.07. The van der Waals surface area contributed by atoms with Crippen LogP contribution >= 0.6 is 0 Å². The fraction of sp³-hybridized carbons (Fsp3) is 0.474. The number of fused-ring (bicyclic) bond motifs is 1. The standard InChI is InChI=1S/C19H25N3O2/c1-4-6-11-21-13-22-17(14(3)20-18(22)19(21)23)15-7-9-16(10-8-15)24-12-5-2/h7-10H,4-6,11-13H2,1-3H3. The van der Waals surface area contributed by atoms with Gasteiger partial charge in [-0.2, -0.15) is 0 Å². The lowest BCUT2D eigenvalue weighted by Gasteiger charge is -2.15. The third kappa shape index (κ3) is 3.03. The molecule has 0 aliphatic carbocycles. The Morgan fingerprint density at radius 2 is 1.92 bits per heavy atom. The molecule has 3 rings (SSSR count). The van der Waals surface area contributed by atoms with Crippen LogP contribution in [0.3, 0.4) is 0 Å². The van der Waals surface area contributed by atoms with Crippen molar-refractivity contribution in [2.45, 2.75) is 46.7 Å². The highest BCUT2D eigenvalue weighted by Crippen LogP contribution is 2.30. The highest BCUT2D eigenvalue weighted by atomic mass is 16.5. The number of benzene rings is 1. The molecule has 0 spiro atoms. The number of carbonyl (C=O) groups is 1. The van der Waals surface area contributed by atoms with E-state index in [-0.39, 0.29) is 5.91 Å². The maximum absolute atomic E-state index is 12.5. The Balaban J connectivity index is 1.86. The number of aromatic nitrogens is 2. The molecule has 0 radical (unpaired) electrons. The summed E-state index contributed by atoms with van der Waals surface area (Å²) in [6.07, 6.45) is 3.10. The molecule has 0 bridgehead atoms. The van der Waals surface area contributed by atoms with Crippen LogP contribution in [0.2, 0.25) is 0 Å². The van der Waals surface area contributed by atoms with Gasteiger partial charge in [0.15, 0.2) is 0 Å². The molecule has 1 aliphatic rings. The molecule has 2 aromatic rings. The number of nitrogens with zero attached hydrogens (tertiary/aromatic N) is 3. The van der Waals surface area contributed by atoms with Crippen molar-refractivity contribution in [3.63, 3.8) is 0 Å². The maximum Gasteiger partial charge on any atom is 0.291 e. The molecule has 1 aromatic heterocycles. The van der Waals surface area contributed by atoms with Crippen LogP contribution in [0.15, 0.2) is 24.3 Å². The molecule has 2 heterocycles. The van der Waals surface area contributed by atoms with Crippen LogP contribution in [-0.2, 0) is 6.67 Å². The first-order chi connectivity index (χ1) is 11.7. The first-order valence-electron chi connectivity index (χ1n) is 8.75. The van der Waals surface area contributed by atoms with Crippen LogP contribution in [0.25, 0.3) is 11.3 Å². The van der Waals surface area contributed by atoms with Crippen molar-refractivity contribution in [3.8, 4) is 17.0 Å². The van der Waals surface area contributed by atoms with Crippen LogP contribution in [-0.4, -0.2) is 33.5 Å². The molecule has 0 atom stereocenters. The molecular formula is C19H25N3O2. The van der Waals surface area contributed by atoms with Crippen molar-refractivity contribution in [2.75, 3.05) is 13.2 Å².